The van der Waals surface area contributed by atoms with E-state index in [0.717, 1.165) is 0 Å². The van der Waals surface area contributed by atoms with Crippen molar-refractivity contribution in [3.8, 4) is 0 Å². The fraction of sp³-hybridized carbons (Fsp3) is 0.667. The Hall–Kier alpha value is -0.760. The number of methoxy groups -OCH3 is 1. The molecule has 0 aliphatic carbocycles. The van der Waals surface area contributed by atoms with Crippen LogP contribution < -0.4 is 0 Å². The van der Waals surface area contributed by atoms with Crippen molar-refractivity contribution < 1.29 is 4.74 Å². The van der Waals surface area contributed by atoms with Crippen molar-refractivity contribution in [2.45, 2.75) is 46.3 Å². The third-order valence-electron chi connectivity index (χ3n) is 2.48. The van der Waals surface area contributed by atoms with Crippen LogP contribution >= 0.6 is 0 Å². The second kappa shape index (κ2) is 4.65. The van der Waals surface area contributed by atoms with Crippen LogP contribution in [0.15, 0.2) is 12.3 Å². The fourth-order valence-corrected chi connectivity index (χ4v) is 1.61. The van der Waals surface area contributed by atoms with Gasteiger partial charge in [0.05, 0.1) is 0 Å². The molecule has 0 N–H and O–H groups in total. The summed E-state index contributed by atoms with van der Waals surface area (Å²) in [4.78, 5) is 0. The van der Waals surface area contributed by atoms with Gasteiger partial charge in [0.15, 0.2) is 0 Å². The molecule has 1 heterocycles. The minimum atomic E-state index is 0.553. The number of hydrogen-bond acceptors (Lipinski definition) is 1. The highest BCUT2D eigenvalue weighted by Gasteiger charge is 2.10. The molecule has 0 aromatic carbocycles. The summed E-state index contributed by atoms with van der Waals surface area (Å²) in [5.74, 6) is 1.14. The number of rotatable bonds is 4. The summed E-state index contributed by atoms with van der Waals surface area (Å²) in [7, 11) is 1.74. The minimum absolute atomic E-state index is 0.553. The molecular weight excluding hydrogens is 174 g/mol. The molecule has 0 bridgehead atoms. The summed E-state index contributed by atoms with van der Waals surface area (Å²) in [5, 5.41) is 0. The first-order valence-corrected chi connectivity index (χ1v) is 5.25. The van der Waals surface area contributed by atoms with Crippen LogP contribution in [0.1, 0.15) is 50.8 Å². The highest BCUT2D eigenvalue weighted by Crippen LogP contribution is 2.23. The van der Waals surface area contributed by atoms with Crippen LogP contribution in [0.3, 0.4) is 0 Å². The molecule has 2 nitrogen and oxygen atoms in total. The largest absolute Gasteiger partial charge is 0.364 e. The van der Waals surface area contributed by atoms with Crippen molar-refractivity contribution in [3.05, 3.63) is 23.5 Å². The summed E-state index contributed by atoms with van der Waals surface area (Å²) >= 11 is 0. The van der Waals surface area contributed by atoms with E-state index < -0.39 is 0 Å². The van der Waals surface area contributed by atoms with Gasteiger partial charge < -0.3 is 9.30 Å². The van der Waals surface area contributed by atoms with Gasteiger partial charge in [-0.1, -0.05) is 27.7 Å². The minimum Gasteiger partial charge on any atom is -0.364 e. The topological polar surface area (TPSA) is 14.2 Å². The Morgan fingerprint density at radius 3 is 2.29 bits per heavy atom. The molecule has 0 saturated heterocycles. The molecule has 0 amide bonds. The van der Waals surface area contributed by atoms with Gasteiger partial charge in [-0.3, -0.25) is 0 Å². The van der Waals surface area contributed by atoms with E-state index in [0.29, 0.717) is 18.6 Å². The molecule has 0 fully saturated rings. The van der Waals surface area contributed by atoms with Crippen LogP contribution in [-0.2, 0) is 11.5 Å². The summed E-state index contributed by atoms with van der Waals surface area (Å²) in [6.07, 6.45) is 2.20. The Balaban J connectivity index is 2.99. The van der Waals surface area contributed by atoms with Gasteiger partial charge in [0, 0.05) is 19.0 Å². The lowest BCUT2D eigenvalue weighted by Crippen LogP contribution is -2.04. The Morgan fingerprint density at radius 2 is 1.86 bits per heavy atom. The van der Waals surface area contributed by atoms with E-state index in [1.807, 2.05) is 0 Å². The van der Waals surface area contributed by atoms with Crippen LogP contribution in [-0.4, -0.2) is 11.7 Å². The summed E-state index contributed by atoms with van der Waals surface area (Å²) in [6, 6.07) is 2.29. The van der Waals surface area contributed by atoms with Gasteiger partial charge in [-0.15, -0.1) is 0 Å². The Labute approximate surface area is 86.9 Å². The highest BCUT2D eigenvalue weighted by molar-refractivity contribution is 5.23. The average molecular weight is 195 g/mol. The Morgan fingerprint density at radius 1 is 1.21 bits per heavy atom. The first-order chi connectivity index (χ1) is 6.56. The second-order valence-electron chi connectivity index (χ2n) is 4.40. The molecule has 2 heteroatoms. The van der Waals surface area contributed by atoms with E-state index in [-0.39, 0.29) is 0 Å². The third kappa shape index (κ3) is 2.38. The van der Waals surface area contributed by atoms with Crippen LogP contribution in [0, 0.1) is 0 Å². The van der Waals surface area contributed by atoms with E-state index in [9.17, 15) is 0 Å². The van der Waals surface area contributed by atoms with E-state index in [2.05, 4.69) is 44.5 Å². The maximum absolute atomic E-state index is 5.17. The van der Waals surface area contributed by atoms with Crippen molar-refractivity contribution in [2.75, 3.05) is 7.11 Å². The normalized spacial score (nSPS) is 11.6. The third-order valence-corrected chi connectivity index (χ3v) is 2.48. The number of aromatic nitrogens is 1. The monoisotopic (exact) mass is 195 g/mol. The van der Waals surface area contributed by atoms with Crippen molar-refractivity contribution >= 4 is 0 Å². The smallest absolute Gasteiger partial charge is 0.122 e. The zero-order valence-corrected chi connectivity index (χ0v) is 9.87. The van der Waals surface area contributed by atoms with Crippen molar-refractivity contribution in [3.63, 3.8) is 0 Å². The highest BCUT2D eigenvalue weighted by atomic mass is 16.5. The fourth-order valence-electron chi connectivity index (χ4n) is 1.61. The molecule has 0 aliphatic heterocycles. The first-order valence-electron chi connectivity index (χ1n) is 5.25. The molecule has 0 unspecified atom stereocenters. The molecule has 80 valence electrons. The van der Waals surface area contributed by atoms with Gasteiger partial charge in [0.1, 0.15) is 6.73 Å². The van der Waals surface area contributed by atoms with Gasteiger partial charge >= 0.3 is 0 Å². The second-order valence-corrected chi connectivity index (χ2v) is 4.40. The SMILES string of the molecule is COCn1cc(C(C)C)cc1C(C)C. The summed E-state index contributed by atoms with van der Waals surface area (Å²) < 4.78 is 7.37. The predicted octanol–water partition coefficient (Wildman–Crippen LogP) is 3.34. The standard InChI is InChI=1S/C12H21NO/c1-9(2)11-6-12(10(3)4)13(7-11)8-14-5/h6-7,9-10H,8H2,1-5H3. The lowest BCUT2D eigenvalue weighted by molar-refractivity contribution is 0.128. The van der Waals surface area contributed by atoms with Gasteiger partial charge in [0.25, 0.3) is 0 Å². The van der Waals surface area contributed by atoms with E-state index in [1.54, 1.807) is 7.11 Å². The van der Waals surface area contributed by atoms with Crippen LogP contribution in [0.2, 0.25) is 0 Å². The van der Waals surface area contributed by atoms with Crippen molar-refractivity contribution in [1.29, 1.82) is 0 Å². The quantitative estimate of drug-likeness (QED) is 0.718. The molecule has 1 aromatic rings. The van der Waals surface area contributed by atoms with Gasteiger partial charge in [0.2, 0.25) is 0 Å². The van der Waals surface area contributed by atoms with Crippen molar-refractivity contribution in [1.82, 2.24) is 4.57 Å². The van der Waals surface area contributed by atoms with E-state index in [4.69, 9.17) is 4.74 Å². The van der Waals surface area contributed by atoms with E-state index >= 15 is 0 Å². The molecule has 0 saturated carbocycles. The molecule has 0 atom stereocenters. The van der Waals surface area contributed by atoms with Crippen LogP contribution in [0.25, 0.3) is 0 Å². The molecule has 0 radical (unpaired) electrons. The Kier molecular flexibility index (Phi) is 3.76. The lowest BCUT2D eigenvalue weighted by Gasteiger charge is -2.09. The molecule has 1 aromatic heterocycles. The number of hydrogen-bond donors (Lipinski definition) is 0. The van der Waals surface area contributed by atoms with Crippen LogP contribution in [0.5, 0.6) is 0 Å². The molecule has 0 spiro atoms. The summed E-state index contributed by atoms with van der Waals surface area (Å²) in [6.45, 7) is 9.52. The summed E-state index contributed by atoms with van der Waals surface area (Å²) in [5.41, 5.74) is 2.75. The van der Waals surface area contributed by atoms with Gasteiger partial charge in [-0.05, 0) is 23.5 Å². The zero-order valence-electron chi connectivity index (χ0n) is 9.87. The number of ether oxygens (including phenoxy) is 1. The Bertz CT molecular complexity index is 287. The molecule has 0 aliphatic rings. The zero-order chi connectivity index (χ0) is 10.7. The van der Waals surface area contributed by atoms with Gasteiger partial charge in [-0.2, -0.15) is 0 Å². The molecule has 1 rings (SSSR count). The molecule has 14 heavy (non-hydrogen) atoms. The molecular formula is C12H21NO. The lowest BCUT2D eigenvalue weighted by atomic mass is 10.1. The van der Waals surface area contributed by atoms with Crippen LogP contribution in [0.4, 0.5) is 0 Å². The van der Waals surface area contributed by atoms with Gasteiger partial charge in [-0.25, -0.2) is 0 Å². The average Bonchev–Trinajstić information content (AvgIpc) is 2.49. The first kappa shape index (κ1) is 11.3. The van der Waals surface area contributed by atoms with E-state index in [1.165, 1.54) is 11.3 Å². The predicted molar refractivity (Wildman–Crippen MR) is 59.6 cm³/mol. The van der Waals surface area contributed by atoms with Crippen molar-refractivity contribution in [2.24, 2.45) is 0 Å². The maximum Gasteiger partial charge on any atom is 0.122 e. The maximum atomic E-state index is 5.17. The number of nitrogens with zero attached hydrogens (tertiary/aromatic N) is 1.